The number of nitrogens with one attached hydrogen (secondary N) is 1. The van der Waals surface area contributed by atoms with E-state index in [0.717, 1.165) is 44.0 Å². The number of nitrogens with two attached hydrogens (primary N) is 1. The summed E-state index contributed by atoms with van der Waals surface area (Å²) in [6, 6.07) is 10.5. The van der Waals surface area contributed by atoms with Crippen molar-refractivity contribution in [2.75, 3.05) is 49.6 Å². The van der Waals surface area contributed by atoms with E-state index >= 15 is 0 Å². The quantitative estimate of drug-likeness (QED) is 0.611. The molecule has 9 nitrogen and oxygen atoms in total. The summed E-state index contributed by atoms with van der Waals surface area (Å²) in [5, 5.41) is 3.53. The van der Waals surface area contributed by atoms with E-state index in [0.29, 0.717) is 30.8 Å². The minimum Gasteiger partial charge on any atom is -0.444 e. The molecule has 0 unspecified atom stereocenters. The molecule has 9 heteroatoms. The summed E-state index contributed by atoms with van der Waals surface area (Å²) in [5.74, 6) is -0.360. The maximum Gasteiger partial charge on any atom is 0.410 e. The van der Waals surface area contributed by atoms with Crippen LogP contribution in [0.3, 0.4) is 0 Å². The van der Waals surface area contributed by atoms with Gasteiger partial charge < -0.3 is 30.3 Å². The van der Waals surface area contributed by atoms with Crippen LogP contribution in [0.4, 0.5) is 16.2 Å². The SMILES string of the molecule is C[C@H]1CN(C(=O)OC(C)(C)C)CC[C@H]1Nc1cc(Cc2ccc(N3CCOCC3)cc2)ncc1C(N)=O. The van der Waals surface area contributed by atoms with Crippen LogP contribution in [0.15, 0.2) is 36.5 Å². The Labute approximate surface area is 219 Å². The fraction of sp³-hybridized carbons (Fsp3) is 0.536. The first kappa shape index (κ1) is 26.7. The smallest absolute Gasteiger partial charge is 0.410 e. The lowest BCUT2D eigenvalue weighted by Gasteiger charge is -2.38. The summed E-state index contributed by atoms with van der Waals surface area (Å²) in [6.07, 6.45) is 2.65. The molecule has 0 aliphatic carbocycles. The molecule has 3 N–H and O–H groups in total. The van der Waals surface area contributed by atoms with E-state index in [1.807, 2.05) is 26.8 Å². The predicted molar refractivity (Wildman–Crippen MR) is 144 cm³/mol. The lowest BCUT2D eigenvalue weighted by atomic mass is 9.93. The second kappa shape index (κ2) is 11.4. The van der Waals surface area contributed by atoms with Gasteiger partial charge in [-0.1, -0.05) is 19.1 Å². The summed E-state index contributed by atoms with van der Waals surface area (Å²) in [4.78, 5) is 33.2. The van der Waals surface area contributed by atoms with Crippen LogP contribution in [0.1, 0.15) is 55.7 Å². The van der Waals surface area contributed by atoms with E-state index in [1.165, 1.54) is 5.69 Å². The van der Waals surface area contributed by atoms with Gasteiger partial charge in [-0.05, 0) is 56.9 Å². The Morgan fingerprint density at radius 2 is 1.86 bits per heavy atom. The van der Waals surface area contributed by atoms with Gasteiger partial charge in [-0.2, -0.15) is 0 Å². The maximum absolute atomic E-state index is 12.5. The monoisotopic (exact) mass is 509 g/mol. The molecule has 0 bridgehead atoms. The molecule has 2 fully saturated rings. The van der Waals surface area contributed by atoms with E-state index in [1.54, 1.807) is 11.1 Å². The Morgan fingerprint density at radius 3 is 2.49 bits per heavy atom. The highest BCUT2D eigenvalue weighted by molar-refractivity contribution is 5.98. The molecule has 2 atom stereocenters. The molecule has 200 valence electrons. The fourth-order valence-corrected chi connectivity index (χ4v) is 4.82. The molecule has 0 radical (unpaired) electrons. The summed E-state index contributed by atoms with van der Waals surface area (Å²) in [5.41, 5.74) is 9.38. The molecule has 2 aliphatic heterocycles. The molecular formula is C28H39N5O4. The molecule has 2 saturated heterocycles. The summed E-state index contributed by atoms with van der Waals surface area (Å²) < 4.78 is 11.0. The van der Waals surface area contributed by atoms with E-state index < -0.39 is 11.5 Å². The average Bonchev–Trinajstić information content (AvgIpc) is 2.85. The van der Waals surface area contributed by atoms with E-state index in [4.69, 9.17) is 15.2 Å². The van der Waals surface area contributed by atoms with Crippen molar-refractivity contribution in [3.63, 3.8) is 0 Å². The number of hydrogen-bond donors (Lipinski definition) is 2. The van der Waals surface area contributed by atoms with E-state index in [9.17, 15) is 9.59 Å². The van der Waals surface area contributed by atoms with Crippen LogP contribution in [0.5, 0.6) is 0 Å². The second-order valence-electron chi connectivity index (χ2n) is 11.0. The lowest BCUT2D eigenvalue weighted by molar-refractivity contribution is 0.0165. The van der Waals surface area contributed by atoms with Crippen LogP contribution in [0.25, 0.3) is 0 Å². The Bertz CT molecular complexity index is 1090. The molecule has 1 aromatic heterocycles. The van der Waals surface area contributed by atoms with E-state index in [2.05, 4.69) is 46.4 Å². The first-order valence-electron chi connectivity index (χ1n) is 13.0. The number of amides is 2. The zero-order chi connectivity index (χ0) is 26.6. The van der Waals surface area contributed by atoms with Crippen LogP contribution in [-0.4, -0.2) is 72.9 Å². The standard InChI is InChI=1S/C28H39N5O4/c1-19-18-33(27(35)37-28(2,3)4)10-9-24(19)31-25-16-21(30-17-23(25)26(29)34)15-20-5-7-22(8-6-20)32-11-13-36-14-12-32/h5-8,16-17,19,24H,9-15,18H2,1-4H3,(H2,29,34)(H,30,31)/t19-,24+/m0/s1. The van der Waals surface area contributed by atoms with Crippen LogP contribution in [-0.2, 0) is 15.9 Å². The molecular weight excluding hydrogens is 470 g/mol. The van der Waals surface area contributed by atoms with Crippen LogP contribution < -0.4 is 16.0 Å². The van der Waals surface area contributed by atoms with Gasteiger partial charge in [-0.3, -0.25) is 9.78 Å². The van der Waals surface area contributed by atoms with Crippen molar-refractivity contribution in [2.24, 2.45) is 11.7 Å². The number of aromatic nitrogens is 1. The molecule has 4 rings (SSSR count). The Balaban J connectivity index is 1.42. The highest BCUT2D eigenvalue weighted by atomic mass is 16.6. The van der Waals surface area contributed by atoms with Gasteiger partial charge >= 0.3 is 6.09 Å². The Kier molecular flexibility index (Phi) is 8.22. The molecule has 37 heavy (non-hydrogen) atoms. The first-order valence-corrected chi connectivity index (χ1v) is 13.0. The summed E-state index contributed by atoms with van der Waals surface area (Å²) in [6.45, 7) is 12.2. The number of carbonyl (C=O) groups excluding carboxylic acids is 2. The highest BCUT2D eigenvalue weighted by Crippen LogP contribution is 2.26. The number of likely N-dealkylation sites (tertiary alicyclic amines) is 1. The third kappa shape index (κ3) is 7.13. The van der Waals surface area contributed by atoms with Gasteiger partial charge in [-0.25, -0.2) is 4.79 Å². The zero-order valence-electron chi connectivity index (χ0n) is 22.3. The molecule has 3 heterocycles. The van der Waals surface area contributed by atoms with Crippen molar-refractivity contribution in [1.29, 1.82) is 0 Å². The Hall–Kier alpha value is -3.33. The van der Waals surface area contributed by atoms with Crippen molar-refractivity contribution < 1.29 is 19.1 Å². The normalized spacial score (nSPS) is 20.4. The molecule has 0 saturated carbocycles. The number of nitrogens with zero attached hydrogens (tertiary/aromatic N) is 3. The van der Waals surface area contributed by atoms with Crippen molar-refractivity contribution in [3.8, 4) is 0 Å². The number of benzene rings is 1. The number of pyridine rings is 1. The average molecular weight is 510 g/mol. The number of morpholine rings is 1. The molecule has 2 aromatic rings. The summed E-state index contributed by atoms with van der Waals surface area (Å²) in [7, 11) is 0. The third-order valence-electron chi connectivity index (χ3n) is 6.82. The minimum atomic E-state index is -0.526. The molecule has 2 amide bonds. The number of rotatable bonds is 6. The molecule has 0 spiro atoms. The van der Waals surface area contributed by atoms with Gasteiger partial charge in [0, 0.05) is 56.2 Å². The number of anilines is 2. The van der Waals surface area contributed by atoms with Crippen LogP contribution in [0.2, 0.25) is 0 Å². The zero-order valence-corrected chi connectivity index (χ0v) is 22.3. The van der Waals surface area contributed by atoms with Gasteiger partial charge in [0.25, 0.3) is 5.91 Å². The van der Waals surface area contributed by atoms with Crippen LogP contribution >= 0.6 is 0 Å². The number of piperidine rings is 1. The first-order chi connectivity index (χ1) is 17.6. The van der Waals surface area contributed by atoms with E-state index in [-0.39, 0.29) is 18.1 Å². The fourth-order valence-electron chi connectivity index (χ4n) is 4.82. The number of hydrogen-bond acceptors (Lipinski definition) is 7. The summed E-state index contributed by atoms with van der Waals surface area (Å²) >= 11 is 0. The minimum absolute atomic E-state index is 0.0832. The number of primary amides is 1. The van der Waals surface area contributed by atoms with Gasteiger partial charge in [0.2, 0.25) is 0 Å². The number of carbonyl (C=O) groups is 2. The van der Waals surface area contributed by atoms with Crippen molar-refractivity contribution in [3.05, 3.63) is 53.3 Å². The van der Waals surface area contributed by atoms with Gasteiger partial charge in [0.05, 0.1) is 24.5 Å². The topological polar surface area (TPSA) is 110 Å². The molecule has 1 aromatic carbocycles. The van der Waals surface area contributed by atoms with Crippen molar-refractivity contribution in [1.82, 2.24) is 9.88 Å². The van der Waals surface area contributed by atoms with Gasteiger partial charge in [-0.15, -0.1) is 0 Å². The van der Waals surface area contributed by atoms with Gasteiger partial charge in [0.1, 0.15) is 5.60 Å². The second-order valence-corrected chi connectivity index (χ2v) is 11.0. The lowest BCUT2D eigenvalue weighted by Crippen LogP contribution is -2.49. The van der Waals surface area contributed by atoms with Crippen molar-refractivity contribution >= 4 is 23.4 Å². The van der Waals surface area contributed by atoms with Crippen molar-refractivity contribution in [2.45, 2.75) is 52.2 Å². The highest BCUT2D eigenvalue weighted by Gasteiger charge is 2.31. The van der Waals surface area contributed by atoms with Gasteiger partial charge in [0.15, 0.2) is 0 Å². The third-order valence-corrected chi connectivity index (χ3v) is 6.82. The molecule has 2 aliphatic rings. The Morgan fingerprint density at radius 1 is 1.16 bits per heavy atom. The number of ether oxygens (including phenoxy) is 2. The van der Waals surface area contributed by atoms with Crippen LogP contribution in [0, 0.1) is 5.92 Å². The largest absolute Gasteiger partial charge is 0.444 e. The predicted octanol–water partition coefficient (Wildman–Crippen LogP) is 3.67. The maximum atomic E-state index is 12.5.